The van der Waals surface area contributed by atoms with Crippen molar-refractivity contribution in [1.82, 2.24) is 19.7 Å². The fourth-order valence-corrected chi connectivity index (χ4v) is 4.08. The summed E-state index contributed by atoms with van der Waals surface area (Å²) in [5.74, 6) is -0.0889. The maximum atomic E-state index is 13.5. The maximum absolute atomic E-state index is 13.5. The van der Waals surface area contributed by atoms with Gasteiger partial charge in [0.2, 0.25) is 5.91 Å². The molecule has 2 heterocycles. The van der Waals surface area contributed by atoms with Gasteiger partial charge in [-0.25, -0.2) is 4.79 Å². The quantitative estimate of drug-likeness (QED) is 0.769. The van der Waals surface area contributed by atoms with Crippen LogP contribution in [0.4, 0.5) is 4.79 Å². The number of aromatic nitrogens is 1. The van der Waals surface area contributed by atoms with E-state index in [0.29, 0.717) is 24.7 Å². The largest absolute Gasteiger partial charge is 0.348 e. The van der Waals surface area contributed by atoms with Gasteiger partial charge >= 0.3 is 6.03 Å². The van der Waals surface area contributed by atoms with Gasteiger partial charge in [0.25, 0.3) is 0 Å². The topological polar surface area (TPSA) is 57.6 Å². The summed E-state index contributed by atoms with van der Waals surface area (Å²) in [5, 5.41) is 3.53. The van der Waals surface area contributed by atoms with E-state index in [9.17, 15) is 9.59 Å². The number of halogens is 1. The molecular formula is C23H31ClN4O2. The van der Waals surface area contributed by atoms with Crippen molar-refractivity contribution in [3.8, 4) is 0 Å². The molecule has 7 heteroatoms. The highest BCUT2D eigenvalue weighted by atomic mass is 35.5. The number of nitrogens with zero attached hydrogens (tertiary/aromatic N) is 3. The molecule has 0 fully saturated rings. The summed E-state index contributed by atoms with van der Waals surface area (Å²) in [5.41, 5.74) is 1.44. The first kappa shape index (κ1) is 22.2. The lowest BCUT2D eigenvalue weighted by atomic mass is 9.99. The molecular weight excluding hydrogens is 400 g/mol. The number of carbonyl (C=O) groups excluding carboxylic acids is 2. The van der Waals surface area contributed by atoms with Crippen LogP contribution in [0, 0.1) is 0 Å². The van der Waals surface area contributed by atoms with E-state index in [1.807, 2.05) is 75.2 Å². The Hall–Kier alpha value is -2.47. The average Bonchev–Trinajstić information content (AvgIpc) is 3.18. The SMILES string of the molecule is CCCNC(=O)N(CC(=O)N1CCn2cccc2C1c1ccccc1Cl)C(C)(C)C. The Morgan fingerprint density at radius 3 is 2.57 bits per heavy atom. The minimum atomic E-state index is -0.483. The first-order valence-corrected chi connectivity index (χ1v) is 10.9. The number of hydrogen-bond acceptors (Lipinski definition) is 2. The number of nitrogens with one attached hydrogen (secondary N) is 1. The third kappa shape index (κ3) is 4.64. The van der Waals surface area contributed by atoms with E-state index in [4.69, 9.17) is 11.6 Å². The Labute approximate surface area is 183 Å². The van der Waals surface area contributed by atoms with Crippen LogP contribution in [0.15, 0.2) is 42.6 Å². The highest BCUT2D eigenvalue weighted by molar-refractivity contribution is 6.31. The lowest BCUT2D eigenvalue weighted by molar-refractivity contribution is -0.135. The molecule has 2 aromatic rings. The van der Waals surface area contributed by atoms with E-state index in [-0.39, 0.29) is 24.5 Å². The van der Waals surface area contributed by atoms with Crippen LogP contribution in [-0.2, 0) is 11.3 Å². The lowest BCUT2D eigenvalue weighted by Crippen LogP contribution is -2.55. The summed E-state index contributed by atoms with van der Waals surface area (Å²) < 4.78 is 2.16. The van der Waals surface area contributed by atoms with E-state index < -0.39 is 5.54 Å². The Balaban J connectivity index is 1.91. The second-order valence-electron chi connectivity index (χ2n) is 8.63. The molecule has 30 heavy (non-hydrogen) atoms. The molecule has 1 aliphatic rings. The van der Waals surface area contributed by atoms with Crippen molar-refractivity contribution in [1.29, 1.82) is 0 Å². The van der Waals surface area contributed by atoms with E-state index in [0.717, 1.165) is 17.7 Å². The Kier molecular flexibility index (Phi) is 6.76. The maximum Gasteiger partial charge on any atom is 0.318 e. The summed E-state index contributed by atoms with van der Waals surface area (Å²) in [6, 6.07) is 11.2. The van der Waals surface area contributed by atoms with Crippen LogP contribution in [0.3, 0.4) is 0 Å². The zero-order chi connectivity index (χ0) is 21.9. The Bertz CT molecular complexity index is 903. The molecule has 162 valence electrons. The van der Waals surface area contributed by atoms with Crippen molar-refractivity contribution in [2.24, 2.45) is 0 Å². The van der Waals surface area contributed by atoms with E-state index in [1.54, 1.807) is 4.90 Å². The predicted molar refractivity (Wildman–Crippen MR) is 120 cm³/mol. The van der Waals surface area contributed by atoms with Crippen LogP contribution < -0.4 is 5.32 Å². The fraction of sp³-hybridized carbons (Fsp3) is 0.478. The minimum absolute atomic E-state index is 0.0146. The van der Waals surface area contributed by atoms with Crippen molar-refractivity contribution in [3.63, 3.8) is 0 Å². The van der Waals surface area contributed by atoms with Crippen LogP contribution in [0.1, 0.15) is 51.4 Å². The number of urea groups is 1. The molecule has 0 saturated carbocycles. The predicted octanol–water partition coefficient (Wildman–Crippen LogP) is 4.29. The van der Waals surface area contributed by atoms with Gasteiger partial charge in [0.05, 0.1) is 6.04 Å². The van der Waals surface area contributed by atoms with Gasteiger partial charge in [-0.05, 0) is 51.0 Å². The monoisotopic (exact) mass is 430 g/mol. The number of hydrogen-bond donors (Lipinski definition) is 1. The molecule has 1 aliphatic heterocycles. The number of benzene rings is 1. The van der Waals surface area contributed by atoms with Crippen molar-refractivity contribution in [3.05, 3.63) is 58.9 Å². The molecule has 0 radical (unpaired) electrons. The van der Waals surface area contributed by atoms with Crippen molar-refractivity contribution >= 4 is 23.5 Å². The van der Waals surface area contributed by atoms with Gasteiger partial charge in [0.1, 0.15) is 6.54 Å². The third-order valence-electron chi connectivity index (χ3n) is 5.43. The fourth-order valence-electron chi connectivity index (χ4n) is 3.84. The van der Waals surface area contributed by atoms with Crippen molar-refractivity contribution in [2.75, 3.05) is 19.6 Å². The summed E-state index contributed by atoms with van der Waals surface area (Å²) in [6.07, 6.45) is 2.87. The number of carbonyl (C=O) groups is 2. The van der Waals surface area contributed by atoms with Crippen LogP contribution in [0.5, 0.6) is 0 Å². The standard InChI is InChI=1S/C23H31ClN4O2/c1-5-12-25-22(30)28(23(2,3)4)16-20(29)27-15-14-26-13-8-11-19(26)21(27)17-9-6-7-10-18(17)24/h6-11,13,21H,5,12,14-16H2,1-4H3,(H,25,30). The van der Waals surface area contributed by atoms with Gasteiger partial charge in [-0.1, -0.05) is 36.7 Å². The summed E-state index contributed by atoms with van der Waals surface area (Å²) >= 11 is 6.53. The lowest BCUT2D eigenvalue weighted by Gasteiger charge is -2.41. The molecule has 0 saturated heterocycles. The van der Waals surface area contributed by atoms with E-state index in [2.05, 4.69) is 9.88 Å². The molecule has 1 atom stereocenters. The average molecular weight is 431 g/mol. The molecule has 1 unspecified atom stereocenters. The van der Waals surface area contributed by atoms with Gasteiger partial charge in [-0.15, -0.1) is 0 Å². The zero-order valence-corrected chi connectivity index (χ0v) is 18.9. The molecule has 0 aliphatic carbocycles. The van der Waals surface area contributed by atoms with Crippen molar-refractivity contribution < 1.29 is 9.59 Å². The Morgan fingerprint density at radius 1 is 1.17 bits per heavy atom. The van der Waals surface area contributed by atoms with Gasteiger partial charge in [0.15, 0.2) is 0 Å². The molecule has 3 rings (SSSR count). The summed E-state index contributed by atoms with van der Waals surface area (Å²) in [6.45, 7) is 9.71. The highest BCUT2D eigenvalue weighted by Gasteiger charge is 2.36. The second kappa shape index (κ2) is 9.13. The van der Waals surface area contributed by atoms with Gasteiger partial charge in [-0.2, -0.15) is 0 Å². The molecule has 0 bridgehead atoms. The molecule has 3 amide bonds. The van der Waals surface area contributed by atoms with Gasteiger partial charge in [0, 0.05) is 42.1 Å². The molecule has 0 spiro atoms. The van der Waals surface area contributed by atoms with Crippen LogP contribution >= 0.6 is 11.6 Å². The van der Waals surface area contributed by atoms with Crippen LogP contribution in [0.2, 0.25) is 5.02 Å². The normalized spacial score (nSPS) is 16.2. The van der Waals surface area contributed by atoms with Crippen molar-refractivity contribution in [2.45, 2.75) is 52.2 Å². The number of rotatable bonds is 5. The first-order chi connectivity index (χ1) is 14.2. The van der Waals surface area contributed by atoms with E-state index >= 15 is 0 Å². The van der Waals surface area contributed by atoms with Crippen LogP contribution in [-0.4, -0.2) is 51.5 Å². The van der Waals surface area contributed by atoms with Gasteiger partial charge < -0.3 is 19.7 Å². The number of amides is 3. The zero-order valence-electron chi connectivity index (χ0n) is 18.2. The summed E-state index contributed by atoms with van der Waals surface area (Å²) in [4.78, 5) is 29.7. The molecule has 1 N–H and O–H groups in total. The van der Waals surface area contributed by atoms with Crippen LogP contribution in [0.25, 0.3) is 0 Å². The highest BCUT2D eigenvalue weighted by Crippen LogP contribution is 2.36. The smallest absolute Gasteiger partial charge is 0.318 e. The molecule has 1 aromatic carbocycles. The second-order valence-corrected chi connectivity index (χ2v) is 9.03. The molecule has 6 nitrogen and oxygen atoms in total. The Morgan fingerprint density at radius 2 is 1.90 bits per heavy atom. The van der Waals surface area contributed by atoms with Gasteiger partial charge in [-0.3, -0.25) is 4.79 Å². The minimum Gasteiger partial charge on any atom is -0.348 e. The summed E-state index contributed by atoms with van der Waals surface area (Å²) in [7, 11) is 0. The van der Waals surface area contributed by atoms with E-state index in [1.165, 1.54) is 0 Å². The third-order valence-corrected chi connectivity index (χ3v) is 5.78. The first-order valence-electron chi connectivity index (χ1n) is 10.5. The molecule has 1 aromatic heterocycles. The number of fused-ring (bicyclic) bond motifs is 1.